The van der Waals surface area contributed by atoms with Gasteiger partial charge in [0.1, 0.15) is 6.04 Å². The molecule has 1 aliphatic rings. The number of carbonyl (C=O) groups excluding carboxylic acids is 3. The van der Waals surface area contributed by atoms with Crippen molar-refractivity contribution in [2.24, 2.45) is 11.8 Å². The first-order valence-corrected chi connectivity index (χ1v) is 12.9. The van der Waals surface area contributed by atoms with Crippen LogP contribution in [-0.4, -0.2) is 49.2 Å². The summed E-state index contributed by atoms with van der Waals surface area (Å²) in [6.07, 6.45) is 4.85. The topological polar surface area (TPSA) is 105 Å². The van der Waals surface area contributed by atoms with E-state index in [-0.39, 0.29) is 23.7 Å². The Bertz CT molecular complexity index is 1030. The van der Waals surface area contributed by atoms with E-state index in [2.05, 4.69) is 10.6 Å². The Morgan fingerprint density at radius 1 is 1.06 bits per heavy atom. The maximum atomic E-state index is 13.1. The number of benzene rings is 2. The molecule has 7 nitrogen and oxygen atoms in total. The molecule has 36 heavy (non-hydrogen) atoms. The zero-order chi connectivity index (χ0) is 25.9. The molecular formula is C28H35ClN2O5. The van der Waals surface area contributed by atoms with Crippen molar-refractivity contribution in [1.82, 2.24) is 10.6 Å². The second kappa shape index (κ2) is 14.0. The number of esters is 1. The Balaban J connectivity index is 1.54. The van der Waals surface area contributed by atoms with Crippen molar-refractivity contribution < 1.29 is 24.2 Å². The predicted octanol–water partition coefficient (Wildman–Crippen LogP) is 3.24. The molecule has 1 unspecified atom stereocenters. The Labute approximate surface area is 217 Å². The van der Waals surface area contributed by atoms with Crippen LogP contribution in [0.3, 0.4) is 0 Å². The van der Waals surface area contributed by atoms with Crippen LogP contribution in [0.15, 0.2) is 48.5 Å². The van der Waals surface area contributed by atoms with Gasteiger partial charge in [-0.05, 0) is 66.8 Å². The fourth-order valence-electron chi connectivity index (χ4n) is 4.83. The van der Waals surface area contributed by atoms with Crippen LogP contribution >= 0.6 is 11.6 Å². The summed E-state index contributed by atoms with van der Waals surface area (Å²) in [5.41, 5.74) is 3.25. The summed E-state index contributed by atoms with van der Waals surface area (Å²) in [5, 5.41) is 16.0. The average Bonchev–Trinajstić information content (AvgIpc) is 3.35. The molecule has 1 fully saturated rings. The highest BCUT2D eigenvalue weighted by Gasteiger charge is 2.35. The Hall–Kier alpha value is -2.90. The molecule has 3 rings (SSSR count). The zero-order valence-corrected chi connectivity index (χ0v) is 21.4. The lowest BCUT2D eigenvalue weighted by Crippen LogP contribution is -2.51. The van der Waals surface area contributed by atoms with Crippen LogP contribution in [0.1, 0.15) is 42.4 Å². The van der Waals surface area contributed by atoms with Gasteiger partial charge in [-0.3, -0.25) is 14.4 Å². The van der Waals surface area contributed by atoms with Gasteiger partial charge >= 0.3 is 5.97 Å². The van der Waals surface area contributed by atoms with Crippen molar-refractivity contribution >= 4 is 29.4 Å². The number of aliphatic hydroxyl groups excluding tert-OH is 1. The zero-order valence-electron chi connectivity index (χ0n) is 20.7. The molecule has 3 N–H and O–H groups in total. The molecule has 2 amide bonds. The molecule has 3 atom stereocenters. The number of aliphatic hydroxyl groups is 1. The molecule has 0 spiro atoms. The Morgan fingerprint density at radius 2 is 1.78 bits per heavy atom. The SMILES string of the molecule is COC(=O)CCc1ccccc1C[C@@H]1CCC[C@H]1C(=O)NC(CO)C(=O)NCCc1ccc(Cl)cc1. The maximum Gasteiger partial charge on any atom is 0.305 e. The summed E-state index contributed by atoms with van der Waals surface area (Å²) in [4.78, 5) is 37.3. The van der Waals surface area contributed by atoms with Gasteiger partial charge in [0.25, 0.3) is 0 Å². The second-order valence-electron chi connectivity index (χ2n) is 9.26. The minimum absolute atomic E-state index is 0.136. The molecule has 1 saturated carbocycles. The third-order valence-electron chi connectivity index (χ3n) is 6.86. The van der Waals surface area contributed by atoms with Crippen molar-refractivity contribution in [3.05, 3.63) is 70.2 Å². The summed E-state index contributed by atoms with van der Waals surface area (Å²) < 4.78 is 4.76. The number of amides is 2. The number of methoxy groups -OCH3 is 1. The van der Waals surface area contributed by atoms with Gasteiger partial charge in [0, 0.05) is 23.9 Å². The molecule has 0 aliphatic heterocycles. The van der Waals surface area contributed by atoms with E-state index in [9.17, 15) is 19.5 Å². The summed E-state index contributed by atoms with van der Waals surface area (Å²) >= 11 is 5.90. The van der Waals surface area contributed by atoms with Crippen LogP contribution in [0.25, 0.3) is 0 Å². The highest BCUT2D eigenvalue weighted by atomic mass is 35.5. The molecular weight excluding hydrogens is 480 g/mol. The largest absolute Gasteiger partial charge is 0.469 e. The molecule has 0 saturated heterocycles. The lowest BCUT2D eigenvalue weighted by Gasteiger charge is -2.23. The fraction of sp³-hybridized carbons (Fsp3) is 0.464. The molecule has 2 aromatic carbocycles. The number of aryl methyl sites for hydroxylation is 1. The van der Waals surface area contributed by atoms with E-state index in [4.69, 9.17) is 16.3 Å². The molecule has 0 aromatic heterocycles. The van der Waals surface area contributed by atoms with Gasteiger partial charge in [-0.1, -0.05) is 54.4 Å². The predicted molar refractivity (Wildman–Crippen MR) is 138 cm³/mol. The van der Waals surface area contributed by atoms with Gasteiger partial charge in [0.05, 0.1) is 13.7 Å². The molecule has 1 aliphatic carbocycles. The van der Waals surface area contributed by atoms with Crippen molar-refractivity contribution in [3.63, 3.8) is 0 Å². The molecule has 194 valence electrons. The van der Waals surface area contributed by atoms with Gasteiger partial charge in [-0.25, -0.2) is 0 Å². The molecule has 8 heteroatoms. The summed E-state index contributed by atoms with van der Waals surface area (Å²) in [7, 11) is 1.38. The minimum Gasteiger partial charge on any atom is -0.469 e. The normalized spacial score (nSPS) is 17.9. The van der Waals surface area contributed by atoms with Crippen molar-refractivity contribution in [2.75, 3.05) is 20.3 Å². The summed E-state index contributed by atoms with van der Waals surface area (Å²) in [6.45, 7) is -0.0759. The smallest absolute Gasteiger partial charge is 0.305 e. The van der Waals surface area contributed by atoms with Crippen molar-refractivity contribution in [2.45, 2.75) is 51.0 Å². The Kier molecular flexibility index (Phi) is 10.8. The van der Waals surface area contributed by atoms with Gasteiger partial charge in [0.15, 0.2) is 0 Å². The van der Waals surface area contributed by atoms with Crippen LogP contribution in [0, 0.1) is 11.8 Å². The molecule has 0 radical (unpaired) electrons. The lowest BCUT2D eigenvalue weighted by molar-refractivity contribution is -0.140. The monoisotopic (exact) mass is 514 g/mol. The minimum atomic E-state index is -0.990. The van der Waals surface area contributed by atoms with Gasteiger partial charge in [0.2, 0.25) is 11.8 Å². The average molecular weight is 515 g/mol. The number of hydrogen-bond donors (Lipinski definition) is 3. The number of halogens is 1. The highest BCUT2D eigenvalue weighted by molar-refractivity contribution is 6.30. The van der Waals surface area contributed by atoms with Crippen LogP contribution in [0.5, 0.6) is 0 Å². The van der Waals surface area contributed by atoms with E-state index in [1.807, 2.05) is 36.4 Å². The van der Waals surface area contributed by atoms with Crippen LogP contribution in [0.2, 0.25) is 5.02 Å². The van der Waals surface area contributed by atoms with Crippen LogP contribution in [0.4, 0.5) is 0 Å². The van der Waals surface area contributed by atoms with E-state index >= 15 is 0 Å². The third-order valence-corrected chi connectivity index (χ3v) is 7.12. The van der Waals surface area contributed by atoms with E-state index in [0.717, 1.165) is 42.4 Å². The third kappa shape index (κ3) is 8.07. The number of carbonyl (C=O) groups is 3. The molecule has 2 aromatic rings. The maximum absolute atomic E-state index is 13.1. The molecule has 0 heterocycles. The number of nitrogens with one attached hydrogen (secondary N) is 2. The summed E-state index contributed by atoms with van der Waals surface area (Å²) in [5.74, 6) is -0.936. The van der Waals surface area contributed by atoms with Crippen molar-refractivity contribution in [1.29, 1.82) is 0 Å². The van der Waals surface area contributed by atoms with Gasteiger partial charge < -0.3 is 20.5 Å². The Morgan fingerprint density at radius 3 is 2.47 bits per heavy atom. The lowest BCUT2D eigenvalue weighted by atomic mass is 9.86. The van der Waals surface area contributed by atoms with E-state index in [1.54, 1.807) is 12.1 Å². The van der Waals surface area contributed by atoms with E-state index in [0.29, 0.717) is 30.8 Å². The van der Waals surface area contributed by atoms with Crippen molar-refractivity contribution in [3.8, 4) is 0 Å². The number of rotatable bonds is 12. The van der Waals surface area contributed by atoms with Crippen LogP contribution < -0.4 is 10.6 Å². The second-order valence-corrected chi connectivity index (χ2v) is 9.69. The van der Waals surface area contributed by atoms with E-state index in [1.165, 1.54) is 7.11 Å². The fourth-order valence-corrected chi connectivity index (χ4v) is 4.95. The first-order chi connectivity index (χ1) is 17.4. The molecule has 0 bridgehead atoms. The first-order valence-electron chi connectivity index (χ1n) is 12.5. The van der Waals surface area contributed by atoms with Gasteiger partial charge in [-0.15, -0.1) is 0 Å². The summed E-state index contributed by atoms with van der Waals surface area (Å²) in [6, 6.07) is 14.4. The van der Waals surface area contributed by atoms with E-state index < -0.39 is 18.6 Å². The van der Waals surface area contributed by atoms with Gasteiger partial charge in [-0.2, -0.15) is 0 Å². The standard InChI is InChI=1S/C28H35ClN2O5/c1-36-26(33)14-11-20-5-2-3-6-21(20)17-22-7-4-8-24(22)27(34)31-25(18-32)28(35)30-16-15-19-9-12-23(29)13-10-19/h2-3,5-6,9-10,12-13,22,24-25,32H,4,7-8,11,14-18H2,1H3,(H,30,35)(H,31,34)/t22-,24+,25?/m0/s1. The highest BCUT2D eigenvalue weighted by Crippen LogP contribution is 2.35. The van der Waals surface area contributed by atoms with Crippen LogP contribution in [-0.2, 0) is 38.4 Å². The number of ether oxygens (including phenoxy) is 1. The quantitative estimate of drug-likeness (QED) is 0.377. The number of hydrogen-bond acceptors (Lipinski definition) is 5. The first kappa shape index (κ1) is 27.7.